The number of halogens is 2. The van der Waals surface area contributed by atoms with Gasteiger partial charge in [0.15, 0.2) is 0 Å². The quantitative estimate of drug-likeness (QED) is 0.662. The first-order chi connectivity index (χ1) is 14.0. The van der Waals surface area contributed by atoms with Gasteiger partial charge < -0.3 is 19.8 Å². The summed E-state index contributed by atoms with van der Waals surface area (Å²) in [6.07, 6.45) is 5.10. The van der Waals surface area contributed by atoms with E-state index in [9.17, 15) is 14.7 Å². The first-order valence-electron chi connectivity index (χ1n) is 9.99. The van der Waals surface area contributed by atoms with Gasteiger partial charge in [-0.2, -0.15) is 0 Å². The first kappa shape index (κ1) is 22.1. The summed E-state index contributed by atoms with van der Waals surface area (Å²) in [6.45, 7) is 5.07. The van der Waals surface area contributed by atoms with E-state index < -0.39 is 0 Å². The fraction of sp³-hybridized carbons (Fsp3) is 0.524. The zero-order chi connectivity index (χ0) is 20.8. The molecule has 0 aromatic heterocycles. The van der Waals surface area contributed by atoms with E-state index in [0.29, 0.717) is 35.6 Å². The van der Waals surface area contributed by atoms with Crippen LogP contribution in [0.4, 0.5) is 0 Å². The number of hydrogen-bond donors (Lipinski definition) is 1. The van der Waals surface area contributed by atoms with Crippen molar-refractivity contribution in [2.24, 2.45) is 5.92 Å². The van der Waals surface area contributed by atoms with Crippen LogP contribution in [0.2, 0.25) is 10.0 Å². The molecule has 8 heteroatoms. The number of aliphatic hydroxyl groups excluding tert-OH is 1. The van der Waals surface area contributed by atoms with Crippen LogP contribution < -0.4 is 0 Å². The van der Waals surface area contributed by atoms with Gasteiger partial charge in [0.1, 0.15) is 6.54 Å². The van der Waals surface area contributed by atoms with Gasteiger partial charge in [0.05, 0.1) is 10.0 Å². The van der Waals surface area contributed by atoms with Crippen LogP contribution >= 0.6 is 23.2 Å². The molecule has 0 bridgehead atoms. The maximum absolute atomic E-state index is 12.4. The fourth-order valence-corrected chi connectivity index (χ4v) is 4.08. The smallest absolute Gasteiger partial charge is 0.247 e. The van der Waals surface area contributed by atoms with Gasteiger partial charge in [0, 0.05) is 38.9 Å². The van der Waals surface area contributed by atoms with E-state index in [1.165, 1.54) is 6.08 Å². The van der Waals surface area contributed by atoms with Gasteiger partial charge in [-0.25, -0.2) is 0 Å². The van der Waals surface area contributed by atoms with Crippen LogP contribution in [0, 0.1) is 5.92 Å². The molecule has 0 radical (unpaired) electrons. The van der Waals surface area contributed by atoms with Crippen LogP contribution in [0.25, 0.3) is 6.08 Å². The second kappa shape index (κ2) is 10.4. The Hall–Kier alpha value is -1.60. The number of carbonyl (C=O) groups excluding carboxylic acids is 2. The summed E-state index contributed by atoms with van der Waals surface area (Å²) in [5.74, 6) is 0.196. The number of piperazine rings is 1. The second-order valence-corrected chi connectivity index (χ2v) is 8.45. The van der Waals surface area contributed by atoms with Crippen molar-refractivity contribution >= 4 is 41.1 Å². The molecule has 0 saturated carbocycles. The molecular formula is C21H27Cl2N3O3. The molecule has 0 spiro atoms. The van der Waals surface area contributed by atoms with Crippen molar-refractivity contribution in [3.8, 4) is 0 Å². The number of likely N-dealkylation sites (tertiary alicyclic amines) is 1. The van der Waals surface area contributed by atoms with Crippen molar-refractivity contribution in [1.82, 2.24) is 14.7 Å². The zero-order valence-corrected chi connectivity index (χ0v) is 17.9. The Morgan fingerprint density at radius 1 is 1.17 bits per heavy atom. The first-order valence-corrected chi connectivity index (χ1v) is 10.7. The summed E-state index contributed by atoms with van der Waals surface area (Å²) in [6, 6.07) is 5.16. The van der Waals surface area contributed by atoms with Gasteiger partial charge in [-0.05, 0) is 55.6 Å². The lowest BCUT2D eigenvalue weighted by atomic mass is 10.1. The number of rotatable bonds is 7. The minimum absolute atomic E-state index is 0.0119. The molecule has 2 heterocycles. The lowest BCUT2D eigenvalue weighted by Gasteiger charge is -2.34. The van der Waals surface area contributed by atoms with Crippen molar-refractivity contribution < 1.29 is 14.7 Å². The second-order valence-electron chi connectivity index (χ2n) is 7.64. The number of amides is 2. The lowest BCUT2D eigenvalue weighted by molar-refractivity contribution is -0.142. The molecule has 1 N–H and O–H groups in total. The third kappa shape index (κ3) is 6.19. The molecule has 2 aliphatic rings. The highest BCUT2D eigenvalue weighted by Gasteiger charge is 2.26. The monoisotopic (exact) mass is 439 g/mol. The molecule has 2 saturated heterocycles. The van der Waals surface area contributed by atoms with Crippen molar-refractivity contribution in [2.75, 3.05) is 52.4 Å². The Morgan fingerprint density at radius 3 is 2.69 bits per heavy atom. The minimum Gasteiger partial charge on any atom is -0.396 e. The summed E-state index contributed by atoms with van der Waals surface area (Å²) in [5.41, 5.74) is 0.781. The summed E-state index contributed by atoms with van der Waals surface area (Å²) < 4.78 is 0. The predicted octanol–water partition coefficient (Wildman–Crippen LogP) is 2.38. The molecule has 3 rings (SSSR count). The lowest BCUT2D eigenvalue weighted by Crippen LogP contribution is -2.52. The predicted molar refractivity (Wildman–Crippen MR) is 115 cm³/mol. The van der Waals surface area contributed by atoms with Crippen molar-refractivity contribution in [2.45, 2.75) is 12.8 Å². The molecule has 0 aliphatic carbocycles. The number of hydrogen-bond acceptors (Lipinski definition) is 4. The van der Waals surface area contributed by atoms with E-state index in [2.05, 4.69) is 4.90 Å². The minimum atomic E-state index is -0.184. The normalized spacial score (nSPS) is 20.8. The number of nitrogens with zero attached hydrogens (tertiary/aromatic N) is 3. The van der Waals surface area contributed by atoms with Crippen LogP contribution in [0.5, 0.6) is 0 Å². The molecule has 1 aromatic rings. The maximum Gasteiger partial charge on any atom is 0.247 e. The highest BCUT2D eigenvalue weighted by molar-refractivity contribution is 6.42. The Balaban J connectivity index is 1.42. The van der Waals surface area contributed by atoms with Crippen LogP contribution in [0.3, 0.4) is 0 Å². The molecule has 1 unspecified atom stereocenters. The largest absolute Gasteiger partial charge is 0.396 e. The summed E-state index contributed by atoms with van der Waals surface area (Å²) in [4.78, 5) is 30.6. The Morgan fingerprint density at radius 2 is 2.00 bits per heavy atom. The molecule has 2 amide bonds. The van der Waals surface area contributed by atoms with Crippen molar-refractivity contribution in [1.29, 1.82) is 0 Å². The average molecular weight is 440 g/mol. The van der Waals surface area contributed by atoms with E-state index >= 15 is 0 Å². The molecule has 1 aromatic carbocycles. The Labute approximate surface area is 181 Å². The Kier molecular flexibility index (Phi) is 7.95. The number of carbonyl (C=O) groups is 2. The number of aliphatic hydroxyl groups is 1. The van der Waals surface area contributed by atoms with Gasteiger partial charge in [-0.1, -0.05) is 29.3 Å². The molecule has 2 aliphatic heterocycles. The third-order valence-electron chi connectivity index (χ3n) is 5.52. The molecule has 158 valence electrons. The van der Waals surface area contributed by atoms with E-state index in [1.807, 2.05) is 4.90 Å². The van der Waals surface area contributed by atoms with Crippen molar-refractivity contribution in [3.63, 3.8) is 0 Å². The topological polar surface area (TPSA) is 64.1 Å². The van der Waals surface area contributed by atoms with E-state index in [1.54, 1.807) is 29.2 Å². The Bertz CT molecular complexity index is 772. The summed E-state index contributed by atoms with van der Waals surface area (Å²) >= 11 is 11.9. The van der Waals surface area contributed by atoms with Gasteiger partial charge in [-0.3, -0.25) is 9.59 Å². The molecule has 2 fully saturated rings. The maximum atomic E-state index is 12.4. The number of benzene rings is 1. The molecule has 6 nitrogen and oxygen atoms in total. The molecule has 29 heavy (non-hydrogen) atoms. The zero-order valence-electron chi connectivity index (χ0n) is 16.4. The molecular weight excluding hydrogens is 413 g/mol. The van der Waals surface area contributed by atoms with E-state index in [0.717, 1.165) is 38.0 Å². The van der Waals surface area contributed by atoms with Gasteiger partial charge >= 0.3 is 0 Å². The standard InChI is InChI=1S/C21H27Cl2N3O3/c22-18-4-2-16(12-19(18)23)3-5-20(28)26-11-10-25(21(29)14-26)8-1-7-24-9-6-17(13-24)15-27/h2-5,12,17,27H,1,6-11,13-15H2/b5-3+. The van der Waals surface area contributed by atoms with Gasteiger partial charge in [0.25, 0.3) is 0 Å². The highest BCUT2D eigenvalue weighted by Crippen LogP contribution is 2.23. The SMILES string of the molecule is O=C(/C=C/c1ccc(Cl)c(Cl)c1)N1CCN(CCCN2CCC(CO)C2)C(=O)C1. The van der Waals surface area contributed by atoms with Crippen molar-refractivity contribution in [3.05, 3.63) is 39.9 Å². The molecule has 1 atom stereocenters. The van der Waals surface area contributed by atoms with Gasteiger partial charge in [-0.15, -0.1) is 0 Å². The van der Waals surface area contributed by atoms with E-state index in [4.69, 9.17) is 23.2 Å². The van der Waals surface area contributed by atoms with Crippen LogP contribution in [-0.4, -0.2) is 84.0 Å². The van der Waals surface area contributed by atoms with Crippen LogP contribution in [0.1, 0.15) is 18.4 Å². The van der Waals surface area contributed by atoms with Gasteiger partial charge in [0.2, 0.25) is 11.8 Å². The van der Waals surface area contributed by atoms with Crippen LogP contribution in [0.15, 0.2) is 24.3 Å². The highest BCUT2D eigenvalue weighted by atomic mass is 35.5. The summed E-state index contributed by atoms with van der Waals surface area (Å²) in [5, 5.41) is 10.1. The fourth-order valence-electron chi connectivity index (χ4n) is 3.77. The average Bonchev–Trinajstić information content (AvgIpc) is 3.18. The van der Waals surface area contributed by atoms with Crippen LogP contribution in [-0.2, 0) is 9.59 Å². The summed E-state index contributed by atoms with van der Waals surface area (Å²) in [7, 11) is 0. The van der Waals surface area contributed by atoms with E-state index in [-0.39, 0.29) is 25.0 Å². The third-order valence-corrected chi connectivity index (χ3v) is 6.26.